The topological polar surface area (TPSA) is 57.6 Å². The lowest BCUT2D eigenvalue weighted by Gasteiger charge is -2.32. The maximum atomic E-state index is 12.4. The molecule has 0 bridgehead atoms. The first-order chi connectivity index (χ1) is 9.15. The van der Waals surface area contributed by atoms with Crippen LogP contribution in [0.1, 0.15) is 29.9 Å². The molecule has 2 unspecified atom stereocenters. The Morgan fingerprint density at radius 1 is 1.32 bits per heavy atom. The number of hydrogen-bond donors (Lipinski definition) is 1. The van der Waals surface area contributed by atoms with Crippen LogP contribution >= 0.6 is 0 Å². The summed E-state index contributed by atoms with van der Waals surface area (Å²) in [4.78, 5) is 24.9. The van der Waals surface area contributed by atoms with Gasteiger partial charge in [-0.05, 0) is 29.9 Å². The Morgan fingerprint density at radius 3 is 2.84 bits per heavy atom. The van der Waals surface area contributed by atoms with Crippen molar-refractivity contribution < 1.29 is 14.7 Å². The van der Waals surface area contributed by atoms with Gasteiger partial charge in [0.15, 0.2) is 0 Å². The van der Waals surface area contributed by atoms with E-state index in [1.807, 2.05) is 23.1 Å². The van der Waals surface area contributed by atoms with Crippen molar-refractivity contribution in [3.8, 4) is 0 Å². The molecular weight excluding hydrogens is 242 g/mol. The summed E-state index contributed by atoms with van der Waals surface area (Å²) in [5.74, 6) is -0.476. The Kier molecular flexibility index (Phi) is 3.01. The molecule has 4 nitrogen and oxygen atoms in total. The lowest BCUT2D eigenvalue weighted by atomic mass is 9.77. The van der Waals surface area contributed by atoms with E-state index < -0.39 is 5.97 Å². The molecular formula is C15H17NO3. The van der Waals surface area contributed by atoms with Crippen molar-refractivity contribution in [2.45, 2.75) is 25.2 Å². The monoisotopic (exact) mass is 259 g/mol. The molecule has 1 aromatic carbocycles. The molecule has 1 amide bonds. The van der Waals surface area contributed by atoms with E-state index >= 15 is 0 Å². The average molecular weight is 259 g/mol. The number of hydrogen-bond acceptors (Lipinski definition) is 2. The van der Waals surface area contributed by atoms with Gasteiger partial charge >= 0.3 is 5.97 Å². The number of likely N-dealkylation sites (tertiary alicyclic amines) is 1. The summed E-state index contributed by atoms with van der Waals surface area (Å²) >= 11 is 0. The Hall–Kier alpha value is -1.84. The van der Waals surface area contributed by atoms with Crippen LogP contribution in [0.25, 0.3) is 0 Å². The second kappa shape index (κ2) is 4.68. The van der Waals surface area contributed by atoms with Gasteiger partial charge in [-0.15, -0.1) is 0 Å². The largest absolute Gasteiger partial charge is 0.481 e. The summed E-state index contributed by atoms with van der Waals surface area (Å²) in [6.45, 7) is 1.30. The summed E-state index contributed by atoms with van der Waals surface area (Å²) in [6, 6.07) is 8.05. The van der Waals surface area contributed by atoms with E-state index in [9.17, 15) is 9.59 Å². The molecule has 0 radical (unpaired) electrons. The summed E-state index contributed by atoms with van der Waals surface area (Å²) in [5.41, 5.74) is 2.41. The van der Waals surface area contributed by atoms with E-state index in [2.05, 4.69) is 6.07 Å². The fourth-order valence-electron chi connectivity index (χ4n) is 3.15. The quantitative estimate of drug-likeness (QED) is 0.898. The van der Waals surface area contributed by atoms with E-state index in [0.29, 0.717) is 13.1 Å². The van der Waals surface area contributed by atoms with Crippen molar-refractivity contribution in [2.75, 3.05) is 13.1 Å². The molecule has 100 valence electrons. The number of carbonyl (C=O) groups is 2. The van der Waals surface area contributed by atoms with Gasteiger partial charge in [0.2, 0.25) is 5.91 Å². The van der Waals surface area contributed by atoms with Crippen LogP contribution in [0.2, 0.25) is 0 Å². The van der Waals surface area contributed by atoms with Crippen molar-refractivity contribution in [1.82, 2.24) is 4.90 Å². The molecule has 1 saturated heterocycles. The van der Waals surface area contributed by atoms with E-state index in [1.54, 1.807) is 0 Å². The number of amides is 1. The van der Waals surface area contributed by atoms with Crippen LogP contribution in [0.4, 0.5) is 0 Å². The van der Waals surface area contributed by atoms with Crippen molar-refractivity contribution >= 4 is 11.9 Å². The first kappa shape index (κ1) is 12.2. The molecule has 1 aromatic rings. The zero-order chi connectivity index (χ0) is 13.4. The minimum Gasteiger partial charge on any atom is -0.481 e. The molecule has 3 rings (SSSR count). The van der Waals surface area contributed by atoms with Crippen molar-refractivity contribution in [1.29, 1.82) is 0 Å². The fraction of sp³-hybridized carbons (Fsp3) is 0.467. The van der Waals surface area contributed by atoms with Crippen LogP contribution in [0.5, 0.6) is 0 Å². The van der Waals surface area contributed by atoms with Crippen molar-refractivity contribution in [3.05, 3.63) is 35.4 Å². The number of carboxylic acids is 1. The molecule has 1 N–H and O–H groups in total. The van der Waals surface area contributed by atoms with Gasteiger partial charge in [0.25, 0.3) is 0 Å². The summed E-state index contributed by atoms with van der Waals surface area (Å²) in [7, 11) is 0. The molecule has 1 heterocycles. The zero-order valence-electron chi connectivity index (χ0n) is 10.7. The Bertz CT molecular complexity index is 526. The van der Waals surface area contributed by atoms with Gasteiger partial charge in [-0.3, -0.25) is 9.59 Å². The molecule has 1 aliphatic heterocycles. The third kappa shape index (κ3) is 2.23. The van der Waals surface area contributed by atoms with E-state index in [-0.39, 0.29) is 24.2 Å². The van der Waals surface area contributed by atoms with Crippen LogP contribution in [-0.4, -0.2) is 35.0 Å². The highest BCUT2D eigenvalue weighted by atomic mass is 16.4. The standard InChI is InChI=1S/C15H17NO3/c17-14(18)7-10-5-6-16(9-10)15(19)13-8-11-3-1-2-4-12(11)13/h1-4,10,13H,5-9H2,(H,17,18). The second-order valence-electron chi connectivity index (χ2n) is 5.49. The Labute approximate surface area is 112 Å². The van der Waals surface area contributed by atoms with Gasteiger partial charge in [-0.2, -0.15) is 0 Å². The van der Waals surface area contributed by atoms with Crippen LogP contribution in [0.3, 0.4) is 0 Å². The second-order valence-corrected chi connectivity index (χ2v) is 5.49. The highest BCUT2D eigenvalue weighted by molar-refractivity contribution is 5.87. The third-order valence-corrected chi connectivity index (χ3v) is 4.21. The predicted octanol–water partition coefficient (Wildman–Crippen LogP) is 1.65. The number of carbonyl (C=O) groups excluding carboxylic acids is 1. The predicted molar refractivity (Wildman–Crippen MR) is 69.8 cm³/mol. The number of aliphatic carboxylic acids is 1. The van der Waals surface area contributed by atoms with Gasteiger partial charge in [-0.25, -0.2) is 0 Å². The number of carboxylic acid groups (broad SMARTS) is 1. The van der Waals surface area contributed by atoms with Crippen LogP contribution in [0, 0.1) is 5.92 Å². The minimum absolute atomic E-state index is 0.000205. The summed E-state index contributed by atoms with van der Waals surface area (Å²) in [5, 5.41) is 8.79. The first-order valence-electron chi connectivity index (χ1n) is 6.73. The Morgan fingerprint density at radius 2 is 2.11 bits per heavy atom. The molecule has 19 heavy (non-hydrogen) atoms. The molecule has 1 fully saturated rings. The van der Waals surface area contributed by atoms with Gasteiger partial charge in [0.1, 0.15) is 0 Å². The molecule has 2 atom stereocenters. The van der Waals surface area contributed by atoms with E-state index in [4.69, 9.17) is 5.11 Å². The smallest absolute Gasteiger partial charge is 0.303 e. The highest BCUT2D eigenvalue weighted by Crippen LogP contribution is 2.37. The van der Waals surface area contributed by atoms with Gasteiger partial charge in [-0.1, -0.05) is 24.3 Å². The van der Waals surface area contributed by atoms with E-state index in [0.717, 1.165) is 18.4 Å². The lowest BCUT2D eigenvalue weighted by molar-refractivity contribution is -0.138. The molecule has 2 aliphatic rings. The third-order valence-electron chi connectivity index (χ3n) is 4.21. The Balaban J connectivity index is 1.63. The number of nitrogens with zero attached hydrogens (tertiary/aromatic N) is 1. The van der Waals surface area contributed by atoms with Gasteiger partial charge in [0.05, 0.1) is 5.92 Å². The maximum Gasteiger partial charge on any atom is 0.303 e. The van der Waals surface area contributed by atoms with Gasteiger partial charge in [0, 0.05) is 19.5 Å². The number of fused-ring (bicyclic) bond motifs is 1. The maximum absolute atomic E-state index is 12.4. The van der Waals surface area contributed by atoms with E-state index in [1.165, 1.54) is 5.56 Å². The molecule has 0 saturated carbocycles. The number of benzene rings is 1. The SMILES string of the molecule is O=C(O)CC1CCN(C(=O)C2Cc3ccccc32)C1. The van der Waals surface area contributed by atoms with Crippen molar-refractivity contribution in [2.24, 2.45) is 5.92 Å². The fourth-order valence-corrected chi connectivity index (χ4v) is 3.15. The lowest BCUT2D eigenvalue weighted by Crippen LogP contribution is -2.38. The van der Waals surface area contributed by atoms with Crippen LogP contribution < -0.4 is 0 Å². The number of rotatable bonds is 3. The molecule has 4 heteroatoms. The molecule has 0 aromatic heterocycles. The minimum atomic E-state index is -0.770. The van der Waals surface area contributed by atoms with Crippen LogP contribution in [0.15, 0.2) is 24.3 Å². The summed E-state index contributed by atoms with van der Waals surface area (Å²) in [6.07, 6.45) is 1.81. The molecule has 0 spiro atoms. The van der Waals surface area contributed by atoms with Crippen molar-refractivity contribution in [3.63, 3.8) is 0 Å². The van der Waals surface area contributed by atoms with Gasteiger partial charge < -0.3 is 10.0 Å². The van der Waals surface area contributed by atoms with Crippen LogP contribution in [-0.2, 0) is 16.0 Å². The normalized spacial score (nSPS) is 24.7. The zero-order valence-corrected chi connectivity index (χ0v) is 10.7. The first-order valence-corrected chi connectivity index (χ1v) is 6.73. The highest BCUT2D eigenvalue weighted by Gasteiger charge is 2.37. The average Bonchev–Trinajstić information content (AvgIpc) is 2.78. The molecule has 1 aliphatic carbocycles. The summed E-state index contributed by atoms with van der Waals surface area (Å²) < 4.78 is 0.